The molecule has 0 aliphatic carbocycles. The number of aryl methyl sites for hydroxylation is 1. The third-order valence-corrected chi connectivity index (χ3v) is 2.71. The maximum absolute atomic E-state index is 13.1. The van der Waals surface area contributed by atoms with E-state index in [1.54, 1.807) is 12.1 Å². The van der Waals surface area contributed by atoms with Gasteiger partial charge in [0.25, 0.3) is 0 Å². The zero-order chi connectivity index (χ0) is 10.6. The predicted molar refractivity (Wildman–Crippen MR) is 56.5 cm³/mol. The maximum Gasteiger partial charge on any atom is 0.127 e. The van der Waals surface area contributed by atoms with Crippen LogP contribution in [0.1, 0.15) is 11.1 Å². The van der Waals surface area contributed by atoms with Gasteiger partial charge in [0.05, 0.1) is 0 Å². The molecule has 1 aromatic rings. The third kappa shape index (κ3) is 3.48. The number of alkyl halides is 1. The van der Waals surface area contributed by atoms with Crippen LogP contribution in [0, 0.1) is 5.82 Å². The van der Waals surface area contributed by atoms with Crippen LogP contribution in [-0.4, -0.2) is 14.1 Å². The van der Waals surface area contributed by atoms with E-state index in [2.05, 4.69) is 15.9 Å². The molecule has 14 heavy (non-hydrogen) atoms. The monoisotopic (exact) mass is 279 g/mol. The highest BCUT2D eigenvalue weighted by atomic mass is 79.9. The zero-order valence-corrected chi connectivity index (χ0v) is 9.74. The van der Waals surface area contributed by atoms with Crippen molar-refractivity contribution < 1.29 is 13.2 Å². The summed E-state index contributed by atoms with van der Waals surface area (Å²) in [6.45, 7) is 0. The average Bonchev–Trinajstić information content (AvgIpc) is 2.10. The molecule has 0 saturated carbocycles. The van der Waals surface area contributed by atoms with E-state index in [4.69, 9.17) is 0 Å². The van der Waals surface area contributed by atoms with Gasteiger partial charge >= 0.3 is 0 Å². The fourth-order valence-electron chi connectivity index (χ4n) is 1.13. The van der Waals surface area contributed by atoms with Gasteiger partial charge in [-0.1, -0.05) is 39.1 Å². The van der Waals surface area contributed by atoms with Crippen molar-refractivity contribution in [3.63, 3.8) is 0 Å². The van der Waals surface area contributed by atoms with Crippen LogP contribution in [0.5, 0.6) is 0 Å². The highest BCUT2D eigenvalue weighted by Crippen LogP contribution is 2.13. The van der Waals surface area contributed by atoms with Crippen LogP contribution in [0.4, 0.5) is 4.39 Å². The summed E-state index contributed by atoms with van der Waals surface area (Å²) in [5.41, 5.74) is 1.17. The molecule has 0 heterocycles. The summed E-state index contributed by atoms with van der Waals surface area (Å²) in [4.78, 5) is 0. The Hall–Kier alpha value is -0.260. The Bertz CT molecular complexity index is 344. The second-order valence-electron chi connectivity index (χ2n) is 2.81. The minimum Gasteiger partial charge on any atom is -0.772 e. The molecule has 1 unspecified atom stereocenters. The molecule has 0 spiro atoms. The topological polar surface area (TPSA) is 40.1 Å². The molecule has 0 aliphatic heterocycles. The van der Waals surface area contributed by atoms with Gasteiger partial charge in [-0.05, 0) is 23.6 Å². The van der Waals surface area contributed by atoms with E-state index >= 15 is 0 Å². The quantitative estimate of drug-likeness (QED) is 0.626. The van der Waals surface area contributed by atoms with Crippen molar-refractivity contribution in [3.8, 4) is 0 Å². The van der Waals surface area contributed by atoms with E-state index < -0.39 is 16.9 Å². The van der Waals surface area contributed by atoms with Crippen LogP contribution in [0.2, 0.25) is 0 Å². The second-order valence-corrected chi connectivity index (χ2v) is 4.50. The van der Waals surface area contributed by atoms with Crippen LogP contribution in [-0.2, 0) is 23.3 Å². The third-order valence-electron chi connectivity index (χ3n) is 1.77. The number of hydrogen-bond acceptors (Lipinski definition) is 2. The normalized spacial score (nSPS) is 12.8. The van der Waals surface area contributed by atoms with Crippen molar-refractivity contribution in [2.75, 3.05) is 5.33 Å². The van der Waals surface area contributed by atoms with E-state index in [9.17, 15) is 13.2 Å². The first kappa shape index (κ1) is 11.8. The maximum atomic E-state index is 13.1. The Morgan fingerprint density at radius 1 is 1.50 bits per heavy atom. The Labute approximate surface area is 92.9 Å². The van der Waals surface area contributed by atoms with Gasteiger partial charge in [0, 0.05) is 11.1 Å². The molecule has 1 atom stereocenters. The molecule has 78 valence electrons. The number of benzene rings is 1. The first-order chi connectivity index (χ1) is 6.63. The Kier molecular flexibility index (Phi) is 4.71. The Morgan fingerprint density at radius 3 is 2.79 bits per heavy atom. The molecule has 0 fully saturated rings. The molecule has 0 aromatic heterocycles. The lowest BCUT2D eigenvalue weighted by Crippen LogP contribution is -1.98. The first-order valence-corrected chi connectivity index (χ1v) is 6.39. The average molecular weight is 280 g/mol. The molecule has 2 nitrogen and oxygen atoms in total. The SMILES string of the molecule is O=S([O-])Cc1cc(CCBr)ccc1F. The van der Waals surface area contributed by atoms with Gasteiger partial charge in [0.15, 0.2) is 0 Å². The van der Waals surface area contributed by atoms with Gasteiger partial charge in [-0.15, -0.1) is 0 Å². The van der Waals surface area contributed by atoms with Crippen LogP contribution < -0.4 is 0 Å². The van der Waals surface area contributed by atoms with Crippen LogP contribution in [0.15, 0.2) is 18.2 Å². The lowest BCUT2D eigenvalue weighted by molar-refractivity contribution is 0.533. The summed E-state index contributed by atoms with van der Waals surface area (Å²) < 4.78 is 33.9. The molecule has 5 heteroatoms. The molecule has 1 rings (SSSR count). The first-order valence-electron chi connectivity index (χ1n) is 4.02. The van der Waals surface area contributed by atoms with Crippen molar-refractivity contribution in [1.29, 1.82) is 0 Å². The van der Waals surface area contributed by atoms with Crippen LogP contribution in [0.3, 0.4) is 0 Å². The van der Waals surface area contributed by atoms with Gasteiger partial charge in [0.1, 0.15) is 5.82 Å². The Balaban J connectivity index is 2.90. The smallest absolute Gasteiger partial charge is 0.127 e. The second kappa shape index (κ2) is 5.58. The number of halogens is 2. The summed E-state index contributed by atoms with van der Waals surface area (Å²) in [5.74, 6) is -0.727. The van der Waals surface area contributed by atoms with E-state index in [0.717, 1.165) is 17.3 Å². The van der Waals surface area contributed by atoms with Gasteiger partial charge in [-0.2, -0.15) is 0 Å². The summed E-state index contributed by atoms with van der Waals surface area (Å²) in [6.07, 6.45) is 0.763. The Morgan fingerprint density at radius 2 is 2.21 bits per heavy atom. The highest BCUT2D eigenvalue weighted by Gasteiger charge is 2.03. The minimum atomic E-state index is -2.24. The largest absolute Gasteiger partial charge is 0.772 e. The fourth-order valence-corrected chi connectivity index (χ4v) is 2.06. The van der Waals surface area contributed by atoms with Crippen molar-refractivity contribution in [2.24, 2.45) is 0 Å². The van der Waals surface area contributed by atoms with Crippen molar-refractivity contribution in [1.82, 2.24) is 0 Å². The molecular formula is C9H9BrFO2S-. The van der Waals surface area contributed by atoms with Crippen molar-refractivity contribution in [3.05, 3.63) is 35.1 Å². The molecule has 0 N–H and O–H groups in total. The van der Waals surface area contributed by atoms with Gasteiger partial charge in [-0.25, -0.2) is 4.39 Å². The predicted octanol–water partition coefficient (Wildman–Crippen LogP) is 2.14. The number of rotatable bonds is 4. The molecule has 0 radical (unpaired) electrons. The molecule has 0 saturated heterocycles. The van der Waals surface area contributed by atoms with Crippen molar-refractivity contribution >= 4 is 27.0 Å². The van der Waals surface area contributed by atoms with Gasteiger partial charge in [0.2, 0.25) is 0 Å². The zero-order valence-electron chi connectivity index (χ0n) is 7.33. The molecule has 0 amide bonds. The van der Waals surface area contributed by atoms with E-state index in [-0.39, 0.29) is 11.3 Å². The lowest BCUT2D eigenvalue weighted by Gasteiger charge is -2.08. The van der Waals surface area contributed by atoms with Crippen LogP contribution >= 0.6 is 15.9 Å². The minimum absolute atomic E-state index is 0.233. The van der Waals surface area contributed by atoms with Crippen molar-refractivity contribution in [2.45, 2.75) is 12.2 Å². The lowest BCUT2D eigenvalue weighted by atomic mass is 10.1. The van der Waals surface area contributed by atoms with E-state index in [1.165, 1.54) is 6.07 Å². The summed E-state index contributed by atoms with van der Waals surface area (Å²) in [6, 6.07) is 4.56. The number of hydrogen-bond donors (Lipinski definition) is 0. The van der Waals surface area contributed by atoms with E-state index in [1.807, 2.05) is 0 Å². The highest BCUT2D eigenvalue weighted by molar-refractivity contribution is 9.09. The van der Waals surface area contributed by atoms with Gasteiger partial charge < -0.3 is 4.55 Å². The van der Waals surface area contributed by atoms with E-state index in [0.29, 0.717) is 0 Å². The fraction of sp³-hybridized carbons (Fsp3) is 0.333. The molecular weight excluding hydrogens is 271 g/mol. The van der Waals surface area contributed by atoms with Crippen LogP contribution in [0.25, 0.3) is 0 Å². The molecule has 0 bridgehead atoms. The molecule has 0 aliphatic rings. The summed E-state index contributed by atoms with van der Waals surface area (Å²) in [7, 11) is 0. The standard InChI is InChI=1S/C9H10BrFO2S/c10-4-3-7-1-2-9(11)8(5-7)6-14(12)13/h1-2,5H,3-4,6H2,(H,12,13)/p-1. The summed E-state index contributed by atoms with van der Waals surface area (Å²) >= 11 is 1.02. The van der Waals surface area contributed by atoms with Gasteiger partial charge in [-0.3, -0.25) is 4.21 Å². The molecule has 1 aromatic carbocycles. The summed E-state index contributed by atoms with van der Waals surface area (Å²) in [5, 5.41) is 0.776.